The van der Waals surface area contributed by atoms with Crippen LogP contribution in [0, 0.1) is 5.92 Å². The summed E-state index contributed by atoms with van der Waals surface area (Å²) in [6.07, 6.45) is 5.27. The van der Waals surface area contributed by atoms with E-state index in [4.69, 9.17) is 13.9 Å². The third kappa shape index (κ3) is 3.94. The number of benzene rings is 1. The number of oxazole rings is 1. The maximum Gasteiger partial charge on any atom is 0.229 e. The van der Waals surface area contributed by atoms with Crippen molar-refractivity contribution in [2.75, 3.05) is 38.0 Å². The molecule has 3 heterocycles. The molecular weight excluding hydrogens is 410 g/mol. The third-order valence-corrected chi connectivity index (χ3v) is 5.35. The Morgan fingerprint density at radius 2 is 2.03 bits per heavy atom. The van der Waals surface area contributed by atoms with E-state index in [0.29, 0.717) is 53.2 Å². The predicted octanol–water partition coefficient (Wildman–Crippen LogP) is 3.85. The maximum absolute atomic E-state index is 12.2. The Hall–Kier alpha value is -3.72. The van der Waals surface area contributed by atoms with Crippen LogP contribution in [0.25, 0.3) is 33.3 Å². The Kier molecular flexibility index (Phi) is 5.32. The average Bonchev–Trinajstić information content (AvgIpc) is 3.58. The number of rotatable bonds is 8. The minimum atomic E-state index is 0.00385. The first-order valence-corrected chi connectivity index (χ1v) is 10.5. The van der Waals surface area contributed by atoms with Crippen LogP contribution in [0.1, 0.15) is 12.8 Å². The molecule has 1 fully saturated rings. The van der Waals surface area contributed by atoms with E-state index in [1.54, 1.807) is 26.6 Å². The van der Waals surface area contributed by atoms with Gasteiger partial charge in [-0.1, -0.05) is 0 Å². The molecule has 1 aliphatic carbocycles. The van der Waals surface area contributed by atoms with E-state index >= 15 is 0 Å². The highest BCUT2D eigenvalue weighted by molar-refractivity contribution is 6.03. The van der Waals surface area contributed by atoms with E-state index < -0.39 is 0 Å². The monoisotopic (exact) mass is 433 g/mol. The quantitative estimate of drug-likeness (QED) is 0.403. The van der Waals surface area contributed by atoms with Crippen molar-refractivity contribution < 1.29 is 18.7 Å². The second kappa shape index (κ2) is 8.43. The lowest BCUT2D eigenvalue weighted by molar-refractivity contribution is -0.117. The van der Waals surface area contributed by atoms with Crippen LogP contribution >= 0.6 is 0 Å². The summed E-state index contributed by atoms with van der Waals surface area (Å²) >= 11 is 0. The van der Waals surface area contributed by atoms with Gasteiger partial charge in [0.2, 0.25) is 11.8 Å². The highest BCUT2D eigenvalue weighted by atomic mass is 16.5. The number of aromatic nitrogens is 3. The summed E-state index contributed by atoms with van der Waals surface area (Å²) in [4.78, 5) is 25.8. The lowest BCUT2D eigenvalue weighted by Gasteiger charge is -2.10. The van der Waals surface area contributed by atoms with Gasteiger partial charge in [0.25, 0.3) is 0 Å². The minimum absolute atomic E-state index is 0.00385. The largest absolute Gasteiger partial charge is 0.491 e. The van der Waals surface area contributed by atoms with E-state index in [2.05, 4.69) is 25.6 Å². The van der Waals surface area contributed by atoms with Crippen molar-refractivity contribution >= 4 is 39.4 Å². The normalized spacial score (nSPS) is 13.4. The first kappa shape index (κ1) is 20.2. The van der Waals surface area contributed by atoms with Gasteiger partial charge in [0.1, 0.15) is 29.5 Å². The standard InChI is InChI=1S/C23H23N5O4/c1-24-21-16-11-25-20(28-22(29)13-3-4-13)10-15(16)17(12-26-21)23-27-18-9-14(31-8-7-30-2)5-6-19(18)32-23/h5-6,9-13H,3-4,7-8H2,1-2H3,(H,24,26)(H,25,28,29). The molecule has 0 aliphatic heterocycles. The van der Waals surface area contributed by atoms with Gasteiger partial charge >= 0.3 is 0 Å². The van der Waals surface area contributed by atoms with Gasteiger partial charge in [-0.05, 0) is 31.0 Å². The smallest absolute Gasteiger partial charge is 0.229 e. The van der Waals surface area contributed by atoms with Gasteiger partial charge in [-0.3, -0.25) is 4.79 Å². The molecule has 4 aromatic rings. The van der Waals surface area contributed by atoms with Crippen LogP contribution in [-0.4, -0.2) is 48.2 Å². The Morgan fingerprint density at radius 1 is 1.16 bits per heavy atom. The molecular formula is C23H23N5O4. The zero-order chi connectivity index (χ0) is 22.1. The highest BCUT2D eigenvalue weighted by Crippen LogP contribution is 2.35. The predicted molar refractivity (Wildman–Crippen MR) is 121 cm³/mol. The molecule has 0 radical (unpaired) electrons. The Morgan fingerprint density at radius 3 is 2.81 bits per heavy atom. The molecule has 0 bridgehead atoms. The lowest BCUT2D eigenvalue weighted by Crippen LogP contribution is -2.14. The Bertz CT molecular complexity index is 1300. The van der Waals surface area contributed by atoms with Gasteiger partial charge in [-0.15, -0.1) is 0 Å². The zero-order valence-corrected chi connectivity index (χ0v) is 17.8. The average molecular weight is 433 g/mol. The number of hydrogen-bond donors (Lipinski definition) is 2. The van der Waals surface area contributed by atoms with Gasteiger partial charge in [0.05, 0.1) is 12.2 Å². The first-order chi connectivity index (χ1) is 15.7. The van der Waals surface area contributed by atoms with E-state index in [-0.39, 0.29) is 11.8 Å². The van der Waals surface area contributed by atoms with Crippen molar-refractivity contribution in [3.8, 4) is 17.2 Å². The molecule has 32 heavy (non-hydrogen) atoms. The van der Waals surface area contributed by atoms with Crippen molar-refractivity contribution in [3.63, 3.8) is 0 Å². The minimum Gasteiger partial charge on any atom is -0.491 e. The summed E-state index contributed by atoms with van der Waals surface area (Å²) in [5, 5.41) is 7.61. The van der Waals surface area contributed by atoms with Crippen LogP contribution in [0.4, 0.5) is 11.6 Å². The summed E-state index contributed by atoms with van der Waals surface area (Å²) < 4.78 is 16.7. The van der Waals surface area contributed by atoms with Crippen molar-refractivity contribution in [2.24, 2.45) is 5.92 Å². The number of methoxy groups -OCH3 is 1. The van der Waals surface area contributed by atoms with Gasteiger partial charge in [0, 0.05) is 49.3 Å². The second-order valence-corrected chi connectivity index (χ2v) is 7.64. The molecule has 0 atom stereocenters. The number of nitrogens with one attached hydrogen (secondary N) is 2. The lowest BCUT2D eigenvalue weighted by atomic mass is 10.1. The number of fused-ring (bicyclic) bond motifs is 2. The molecule has 3 aromatic heterocycles. The number of amides is 1. The van der Waals surface area contributed by atoms with Crippen molar-refractivity contribution in [1.82, 2.24) is 15.0 Å². The number of anilines is 2. The Labute approximate surface area is 184 Å². The fourth-order valence-corrected chi connectivity index (χ4v) is 3.50. The van der Waals surface area contributed by atoms with E-state index in [0.717, 1.165) is 23.6 Å². The molecule has 0 unspecified atom stereocenters. The van der Waals surface area contributed by atoms with Crippen LogP contribution in [0.2, 0.25) is 0 Å². The number of ether oxygens (including phenoxy) is 2. The van der Waals surface area contributed by atoms with Crippen LogP contribution in [0.5, 0.6) is 5.75 Å². The van der Waals surface area contributed by atoms with Gasteiger partial charge in [-0.25, -0.2) is 15.0 Å². The van der Waals surface area contributed by atoms with Crippen molar-refractivity contribution in [3.05, 3.63) is 36.7 Å². The molecule has 1 aromatic carbocycles. The zero-order valence-electron chi connectivity index (χ0n) is 17.8. The molecule has 9 nitrogen and oxygen atoms in total. The second-order valence-electron chi connectivity index (χ2n) is 7.64. The molecule has 0 saturated heterocycles. The summed E-state index contributed by atoms with van der Waals surface area (Å²) in [7, 11) is 3.43. The number of carbonyl (C=O) groups excluding carboxylic acids is 1. The molecule has 1 saturated carbocycles. The molecule has 0 spiro atoms. The SMILES string of the molecule is CNc1ncc(-c2nc3cc(OCCOC)ccc3o2)c2cc(NC(=O)C3CC3)ncc12. The van der Waals surface area contributed by atoms with Crippen LogP contribution in [0.15, 0.2) is 41.1 Å². The van der Waals surface area contributed by atoms with Crippen molar-refractivity contribution in [2.45, 2.75) is 12.8 Å². The third-order valence-electron chi connectivity index (χ3n) is 5.35. The van der Waals surface area contributed by atoms with E-state index in [1.807, 2.05) is 24.3 Å². The number of pyridine rings is 2. The molecule has 5 rings (SSSR count). The molecule has 1 amide bonds. The highest BCUT2D eigenvalue weighted by Gasteiger charge is 2.30. The van der Waals surface area contributed by atoms with E-state index in [9.17, 15) is 4.79 Å². The Balaban J connectivity index is 1.54. The van der Waals surface area contributed by atoms with Gasteiger partial charge in [0.15, 0.2) is 5.58 Å². The number of nitrogens with zero attached hydrogens (tertiary/aromatic N) is 3. The number of hydrogen-bond acceptors (Lipinski definition) is 8. The molecule has 9 heteroatoms. The fraction of sp³-hybridized carbons (Fsp3) is 0.304. The van der Waals surface area contributed by atoms with Gasteiger partial charge in [-0.2, -0.15) is 0 Å². The summed E-state index contributed by atoms with van der Waals surface area (Å²) in [6.45, 7) is 0.959. The molecule has 1 aliphatic rings. The fourth-order valence-electron chi connectivity index (χ4n) is 3.50. The summed E-state index contributed by atoms with van der Waals surface area (Å²) in [6, 6.07) is 7.33. The first-order valence-electron chi connectivity index (χ1n) is 10.5. The van der Waals surface area contributed by atoms with Crippen LogP contribution in [-0.2, 0) is 9.53 Å². The molecule has 164 valence electrons. The summed E-state index contributed by atoms with van der Waals surface area (Å²) in [5.74, 6) is 2.39. The topological polar surface area (TPSA) is 111 Å². The van der Waals surface area contributed by atoms with Crippen LogP contribution in [0.3, 0.4) is 0 Å². The molecule has 2 N–H and O–H groups in total. The van der Waals surface area contributed by atoms with Crippen molar-refractivity contribution in [1.29, 1.82) is 0 Å². The maximum atomic E-state index is 12.2. The van der Waals surface area contributed by atoms with Gasteiger partial charge < -0.3 is 24.5 Å². The van der Waals surface area contributed by atoms with E-state index in [1.165, 1.54) is 0 Å². The number of carbonyl (C=O) groups is 1. The summed E-state index contributed by atoms with van der Waals surface area (Å²) in [5.41, 5.74) is 2.03. The van der Waals surface area contributed by atoms with Crippen LogP contribution < -0.4 is 15.4 Å².